The molecule has 19 heavy (non-hydrogen) atoms. The van der Waals surface area contributed by atoms with Gasteiger partial charge in [0, 0.05) is 17.6 Å². The number of ether oxygens (including phenoxy) is 1. The maximum atomic E-state index is 12.0. The molecule has 0 saturated carbocycles. The number of carbonyl (C=O) groups is 1. The summed E-state index contributed by atoms with van der Waals surface area (Å²) in [6, 6.07) is 7.39. The third-order valence-corrected chi connectivity index (χ3v) is 3.68. The van der Waals surface area contributed by atoms with Gasteiger partial charge in [0.05, 0.1) is 5.60 Å². The molecule has 1 unspecified atom stereocenters. The van der Waals surface area contributed by atoms with Gasteiger partial charge in [-0.3, -0.25) is 4.79 Å². The number of benzene rings is 1. The van der Waals surface area contributed by atoms with Crippen molar-refractivity contribution in [1.29, 1.82) is 0 Å². The van der Waals surface area contributed by atoms with E-state index in [9.17, 15) is 9.90 Å². The molecule has 2 rings (SSSR count). The van der Waals surface area contributed by atoms with Crippen LogP contribution in [0.5, 0.6) is 5.75 Å². The Bertz CT molecular complexity index is 462. The van der Waals surface area contributed by atoms with Crippen LogP contribution < -0.4 is 4.74 Å². The average Bonchev–Trinajstić information content (AvgIpc) is 2.35. The van der Waals surface area contributed by atoms with Crippen LogP contribution in [0.4, 0.5) is 0 Å². The van der Waals surface area contributed by atoms with Crippen molar-refractivity contribution >= 4 is 21.8 Å². The number of halogens is 1. The molecule has 5 heteroatoms. The molecule has 0 bridgehead atoms. The van der Waals surface area contributed by atoms with Gasteiger partial charge in [0.1, 0.15) is 5.75 Å². The van der Waals surface area contributed by atoms with E-state index in [1.54, 1.807) is 11.8 Å². The van der Waals surface area contributed by atoms with E-state index >= 15 is 0 Å². The second-order valence-electron chi connectivity index (χ2n) is 5.16. The van der Waals surface area contributed by atoms with E-state index in [0.717, 1.165) is 17.3 Å². The van der Waals surface area contributed by atoms with Crippen LogP contribution in [0.3, 0.4) is 0 Å². The van der Waals surface area contributed by atoms with Crippen LogP contribution in [0.2, 0.25) is 0 Å². The number of hydrogen-bond donors (Lipinski definition) is 1. The molecule has 0 aromatic heterocycles. The number of nitrogens with zero attached hydrogens (tertiary/aromatic N) is 1. The molecule has 0 radical (unpaired) electrons. The van der Waals surface area contributed by atoms with Crippen LogP contribution in [-0.2, 0) is 4.79 Å². The fourth-order valence-corrected chi connectivity index (χ4v) is 2.60. The van der Waals surface area contributed by atoms with Gasteiger partial charge in [-0.05, 0) is 38.0 Å². The maximum absolute atomic E-state index is 12.0. The SMILES string of the molecule is CC1(O)CCCN(C(=O)COc2cccc(Br)c2)C1. The molecule has 1 saturated heterocycles. The molecule has 1 aliphatic rings. The third-order valence-electron chi connectivity index (χ3n) is 3.19. The molecule has 1 fully saturated rings. The molecule has 104 valence electrons. The second-order valence-corrected chi connectivity index (χ2v) is 6.08. The van der Waals surface area contributed by atoms with Crippen molar-refractivity contribution in [3.63, 3.8) is 0 Å². The highest BCUT2D eigenvalue weighted by Gasteiger charge is 2.30. The van der Waals surface area contributed by atoms with E-state index in [0.29, 0.717) is 18.8 Å². The lowest BCUT2D eigenvalue weighted by molar-refractivity contribution is -0.139. The highest BCUT2D eigenvalue weighted by molar-refractivity contribution is 9.10. The molecule has 4 nitrogen and oxygen atoms in total. The van der Waals surface area contributed by atoms with Crippen molar-refractivity contribution in [3.05, 3.63) is 28.7 Å². The first-order valence-corrected chi connectivity index (χ1v) is 7.14. The molecule has 1 atom stereocenters. The van der Waals surface area contributed by atoms with Gasteiger partial charge < -0.3 is 14.7 Å². The molecule has 1 aromatic carbocycles. The monoisotopic (exact) mass is 327 g/mol. The predicted octanol–water partition coefficient (Wildman–Crippen LogP) is 2.20. The minimum Gasteiger partial charge on any atom is -0.484 e. The Balaban J connectivity index is 1.87. The Morgan fingerprint density at radius 2 is 2.37 bits per heavy atom. The summed E-state index contributed by atoms with van der Waals surface area (Å²) < 4.78 is 6.38. The first kappa shape index (κ1) is 14.3. The molecule has 1 aliphatic heterocycles. The summed E-state index contributed by atoms with van der Waals surface area (Å²) in [6.45, 7) is 2.85. The van der Waals surface area contributed by atoms with Gasteiger partial charge >= 0.3 is 0 Å². The van der Waals surface area contributed by atoms with Crippen molar-refractivity contribution < 1.29 is 14.6 Å². The summed E-state index contributed by atoms with van der Waals surface area (Å²) in [7, 11) is 0. The van der Waals surface area contributed by atoms with Crippen molar-refractivity contribution in [2.75, 3.05) is 19.7 Å². The minimum absolute atomic E-state index is 0.00648. The van der Waals surface area contributed by atoms with Gasteiger partial charge in [-0.15, -0.1) is 0 Å². The minimum atomic E-state index is -0.774. The Kier molecular flexibility index (Phi) is 4.47. The number of likely N-dealkylation sites (tertiary alicyclic amines) is 1. The molecular weight excluding hydrogens is 310 g/mol. The van der Waals surface area contributed by atoms with Crippen LogP contribution in [0.25, 0.3) is 0 Å². The number of carbonyl (C=O) groups excluding carboxylic acids is 1. The topological polar surface area (TPSA) is 49.8 Å². The first-order valence-electron chi connectivity index (χ1n) is 6.35. The second kappa shape index (κ2) is 5.92. The summed E-state index contributed by atoms with van der Waals surface area (Å²) in [6.07, 6.45) is 1.57. The summed E-state index contributed by atoms with van der Waals surface area (Å²) in [4.78, 5) is 13.7. The Morgan fingerprint density at radius 1 is 1.58 bits per heavy atom. The van der Waals surface area contributed by atoms with E-state index in [4.69, 9.17) is 4.74 Å². The molecular formula is C14H18BrNO3. The number of piperidine rings is 1. The molecule has 1 N–H and O–H groups in total. The van der Waals surface area contributed by atoms with Crippen LogP contribution in [0.1, 0.15) is 19.8 Å². The standard InChI is InChI=1S/C14H18BrNO3/c1-14(18)6-3-7-16(10-14)13(17)9-19-12-5-2-4-11(15)8-12/h2,4-5,8,18H,3,6-7,9-10H2,1H3. The number of rotatable bonds is 3. The third kappa shape index (κ3) is 4.21. The molecule has 1 aromatic rings. The average molecular weight is 328 g/mol. The smallest absolute Gasteiger partial charge is 0.260 e. The number of hydrogen-bond acceptors (Lipinski definition) is 3. The van der Waals surface area contributed by atoms with Crippen molar-refractivity contribution in [1.82, 2.24) is 4.90 Å². The van der Waals surface area contributed by atoms with Crippen LogP contribution in [0.15, 0.2) is 28.7 Å². The predicted molar refractivity (Wildman–Crippen MR) is 76.1 cm³/mol. The van der Waals surface area contributed by atoms with E-state index < -0.39 is 5.60 Å². The number of aliphatic hydroxyl groups is 1. The maximum Gasteiger partial charge on any atom is 0.260 e. The zero-order chi connectivity index (χ0) is 13.9. The summed E-state index contributed by atoms with van der Waals surface area (Å²) in [5, 5.41) is 9.97. The Labute approximate surface area is 121 Å². The van der Waals surface area contributed by atoms with E-state index in [2.05, 4.69) is 15.9 Å². The van der Waals surface area contributed by atoms with Gasteiger partial charge in [-0.1, -0.05) is 22.0 Å². The van der Waals surface area contributed by atoms with Crippen LogP contribution in [-0.4, -0.2) is 41.2 Å². The van der Waals surface area contributed by atoms with E-state index in [-0.39, 0.29) is 12.5 Å². The molecule has 1 heterocycles. The molecule has 0 aliphatic carbocycles. The summed E-state index contributed by atoms with van der Waals surface area (Å²) in [5.41, 5.74) is -0.774. The first-order chi connectivity index (χ1) is 8.96. The summed E-state index contributed by atoms with van der Waals surface area (Å²) in [5.74, 6) is 0.575. The number of amides is 1. The molecule has 0 spiro atoms. The highest BCUT2D eigenvalue weighted by atomic mass is 79.9. The normalized spacial score (nSPS) is 23.2. The quantitative estimate of drug-likeness (QED) is 0.925. The fourth-order valence-electron chi connectivity index (χ4n) is 2.23. The van der Waals surface area contributed by atoms with Gasteiger partial charge in [-0.2, -0.15) is 0 Å². The van der Waals surface area contributed by atoms with Crippen molar-refractivity contribution in [3.8, 4) is 5.75 Å². The Hall–Kier alpha value is -1.07. The molecule has 1 amide bonds. The zero-order valence-corrected chi connectivity index (χ0v) is 12.5. The Morgan fingerprint density at radius 3 is 3.05 bits per heavy atom. The summed E-state index contributed by atoms with van der Waals surface area (Å²) >= 11 is 3.35. The van der Waals surface area contributed by atoms with Gasteiger partial charge in [0.15, 0.2) is 6.61 Å². The van der Waals surface area contributed by atoms with E-state index in [1.807, 2.05) is 24.3 Å². The fraction of sp³-hybridized carbons (Fsp3) is 0.500. The van der Waals surface area contributed by atoms with Gasteiger partial charge in [0.25, 0.3) is 5.91 Å². The lowest BCUT2D eigenvalue weighted by atomic mass is 9.95. The largest absolute Gasteiger partial charge is 0.484 e. The highest BCUT2D eigenvalue weighted by Crippen LogP contribution is 2.21. The van der Waals surface area contributed by atoms with Crippen molar-refractivity contribution in [2.45, 2.75) is 25.4 Å². The number of β-amino-alcohol motifs (C(OH)–C–C–N with tert-alkyl or cyclic N) is 1. The van der Waals surface area contributed by atoms with Crippen molar-refractivity contribution in [2.24, 2.45) is 0 Å². The van der Waals surface area contributed by atoms with Gasteiger partial charge in [0.2, 0.25) is 0 Å². The zero-order valence-electron chi connectivity index (χ0n) is 10.9. The van der Waals surface area contributed by atoms with Crippen LogP contribution >= 0.6 is 15.9 Å². The lowest BCUT2D eigenvalue weighted by Crippen LogP contribution is -2.49. The van der Waals surface area contributed by atoms with E-state index in [1.165, 1.54) is 0 Å². The lowest BCUT2D eigenvalue weighted by Gasteiger charge is -2.36. The van der Waals surface area contributed by atoms with Gasteiger partial charge in [-0.25, -0.2) is 0 Å². The van der Waals surface area contributed by atoms with Crippen LogP contribution in [0, 0.1) is 0 Å².